The number of amides is 1. The first-order chi connectivity index (χ1) is 13.9. The number of nitrogens with zero attached hydrogens (tertiary/aromatic N) is 1. The molecule has 1 amide bonds. The second kappa shape index (κ2) is 9.34. The van der Waals surface area contributed by atoms with E-state index in [9.17, 15) is 13.2 Å². The zero-order valence-corrected chi connectivity index (χ0v) is 16.9. The molecule has 0 fully saturated rings. The molecule has 0 spiro atoms. The minimum Gasteiger partial charge on any atom is -0.487 e. The molecule has 1 N–H and O–H groups in total. The zero-order chi connectivity index (χ0) is 20.7. The van der Waals surface area contributed by atoms with Gasteiger partial charge < -0.3 is 10.1 Å². The van der Waals surface area contributed by atoms with E-state index in [0.717, 1.165) is 11.3 Å². The third kappa shape index (κ3) is 6.73. The van der Waals surface area contributed by atoms with E-state index in [4.69, 9.17) is 4.74 Å². The van der Waals surface area contributed by atoms with Gasteiger partial charge in [0.25, 0.3) is 5.91 Å². The lowest BCUT2D eigenvalue weighted by molar-refractivity contribution is 0.0950. The van der Waals surface area contributed by atoms with E-state index < -0.39 is 9.84 Å². The zero-order valence-electron chi connectivity index (χ0n) is 16.0. The van der Waals surface area contributed by atoms with Crippen LogP contribution in [-0.4, -0.2) is 25.6 Å². The quantitative estimate of drug-likeness (QED) is 0.617. The molecule has 3 rings (SSSR count). The summed E-state index contributed by atoms with van der Waals surface area (Å²) in [4.78, 5) is 16.7. The number of carbonyl (C=O) groups excluding carboxylic acids is 1. The third-order valence-corrected chi connectivity index (χ3v) is 4.94. The van der Waals surface area contributed by atoms with Crippen LogP contribution in [0.3, 0.4) is 0 Å². The number of hydrogen-bond acceptors (Lipinski definition) is 5. The molecule has 6 nitrogen and oxygen atoms in total. The van der Waals surface area contributed by atoms with Crippen LogP contribution in [-0.2, 0) is 28.7 Å². The Kier molecular flexibility index (Phi) is 6.61. The number of carbonyl (C=O) groups is 1. The van der Waals surface area contributed by atoms with Crippen LogP contribution in [0.5, 0.6) is 5.75 Å². The maximum absolute atomic E-state index is 12.4. The van der Waals surface area contributed by atoms with E-state index in [-0.39, 0.29) is 11.7 Å². The average molecular weight is 410 g/mol. The summed E-state index contributed by atoms with van der Waals surface area (Å²) in [7, 11) is -3.16. The fourth-order valence-corrected chi connectivity index (χ4v) is 3.56. The Morgan fingerprint density at radius 2 is 1.79 bits per heavy atom. The summed E-state index contributed by atoms with van der Waals surface area (Å²) in [5.74, 6) is 0.335. The lowest BCUT2D eigenvalue weighted by Gasteiger charge is -2.09. The molecule has 0 saturated heterocycles. The maximum Gasteiger partial charge on any atom is 0.251 e. The van der Waals surface area contributed by atoms with E-state index in [0.29, 0.717) is 30.0 Å². The Labute approximate surface area is 170 Å². The van der Waals surface area contributed by atoms with Gasteiger partial charge in [-0.1, -0.05) is 30.3 Å². The van der Waals surface area contributed by atoms with Gasteiger partial charge in [0.15, 0.2) is 9.84 Å². The van der Waals surface area contributed by atoms with E-state index in [2.05, 4.69) is 10.3 Å². The molecular formula is C22H22N2O4S. The van der Waals surface area contributed by atoms with Gasteiger partial charge in [-0.25, -0.2) is 8.42 Å². The number of hydrogen-bond donors (Lipinski definition) is 1. The molecule has 2 aromatic carbocycles. The van der Waals surface area contributed by atoms with E-state index in [1.54, 1.807) is 30.5 Å². The Bertz CT molecular complexity index is 1080. The number of pyridine rings is 1. The molecule has 0 atom stereocenters. The van der Waals surface area contributed by atoms with Gasteiger partial charge in [-0.05, 0) is 47.5 Å². The summed E-state index contributed by atoms with van der Waals surface area (Å²) in [5, 5.41) is 2.85. The molecule has 7 heteroatoms. The minimum atomic E-state index is -3.16. The molecule has 29 heavy (non-hydrogen) atoms. The minimum absolute atomic E-state index is 0.0935. The highest BCUT2D eigenvalue weighted by molar-refractivity contribution is 7.89. The van der Waals surface area contributed by atoms with Crippen molar-refractivity contribution in [2.24, 2.45) is 0 Å². The van der Waals surface area contributed by atoms with Gasteiger partial charge in [-0.3, -0.25) is 9.78 Å². The van der Waals surface area contributed by atoms with Crippen molar-refractivity contribution in [3.05, 3.63) is 95.3 Å². The molecule has 0 saturated carbocycles. The van der Waals surface area contributed by atoms with Gasteiger partial charge in [0.05, 0.1) is 11.4 Å². The Balaban J connectivity index is 1.58. The van der Waals surface area contributed by atoms with Crippen molar-refractivity contribution < 1.29 is 17.9 Å². The normalized spacial score (nSPS) is 11.1. The first-order valence-electron chi connectivity index (χ1n) is 9.05. The van der Waals surface area contributed by atoms with Crippen LogP contribution in [0, 0.1) is 0 Å². The van der Waals surface area contributed by atoms with E-state index in [1.807, 2.05) is 42.5 Å². The van der Waals surface area contributed by atoms with Crippen LogP contribution in [0.15, 0.2) is 72.9 Å². The number of aromatic nitrogens is 1. The summed E-state index contributed by atoms with van der Waals surface area (Å²) >= 11 is 0. The number of ether oxygens (including phenoxy) is 1. The summed E-state index contributed by atoms with van der Waals surface area (Å²) in [6.45, 7) is 0.694. The van der Waals surface area contributed by atoms with Crippen molar-refractivity contribution in [2.75, 3.05) is 6.26 Å². The largest absolute Gasteiger partial charge is 0.487 e. The molecule has 1 aromatic heterocycles. The lowest BCUT2D eigenvalue weighted by Crippen LogP contribution is -2.23. The highest BCUT2D eigenvalue weighted by Gasteiger charge is 2.09. The molecule has 1 heterocycles. The van der Waals surface area contributed by atoms with E-state index in [1.165, 1.54) is 6.26 Å². The SMILES string of the molecule is CS(=O)(=O)Cc1cccc(C(=O)NCc2cccc(OCc3ccccn3)c2)c1. The lowest BCUT2D eigenvalue weighted by atomic mass is 10.1. The van der Waals surface area contributed by atoms with Gasteiger partial charge in [-0.15, -0.1) is 0 Å². The molecule has 0 unspecified atom stereocenters. The van der Waals surface area contributed by atoms with Gasteiger partial charge >= 0.3 is 0 Å². The van der Waals surface area contributed by atoms with Gasteiger partial charge in [0.1, 0.15) is 12.4 Å². The van der Waals surface area contributed by atoms with E-state index >= 15 is 0 Å². The first kappa shape index (κ1) is 20.5. The molecular weight excluding hydrogens is 388 g/mol. The van der Waals surface area contributed by atoms with Crippen molar-refractivity contribution in [1.29, 1.82) is 0 Å². The third-order valence-electron chi connectivity index (χ3n) is 4.08. The highest BCUT2D eigenvalue weighted by atomic mass is 32.2. The van der Waals surface area contributed by atoms with Crippen molar-refractivity contribution in [2.45, 2.75) is 18.9 Å². The number of nitrogens with one attached hydrogen (secondary N) is 1. The van der Waals surface area contributed by atoms with Crippen LogP contribution in [0.1, 0.15) is 27.2 Å². The van der Waals surface area contributed by atoms with Crippen molar-refractivity contribution in [3.63, 3.8) is 0 Å². The molecule has 0 aliphatic heterocycles. The molecule has 150 valence electrons. The Morgan fingerprint density at radius 3 is 2.55 bits per heavy atom. The Morgan fingerprint density at radius 1 is 1.00 bits per heavy atom. The summed E-state index contributed by atoms with van der Waals surface area (Å²) in [6, 6.07) is 19.8. The van der Waals surface area contributed by atoms with Crippen LogP contribution in [0.25, 0.3) is 0 Å². The summed E-state index contributed by atoms with van der Waals surface area (Å²) in [6.07, 6.45) is 2.89. The highest BCUT2D eigenvalue weighted by Crippen LogP contribution is 2.15. The van der Waals surface area contributed by atoms with Gasteiger partial charge in [-0.2, -0.15) is 0 Å². The summed E-state index contributed by atoms with van der Waals surface area (Å²) < 4.78 is 28.7. The average Bonchev–Trinajstić information content (AvgIpc) is 2.70. The number of rotatable bonds is 8. The van der Waals surface area contributed by atoms with Crippen LogP contribution in [0.4, 0.5) is 0 Å². The van der Waals surface area contributed by atoms with Gasteiger partial charge in [0, 0.05) is 24.6 Å². The second-order valence-electron chi connectivity index (χ2n) is 6.71. The summed E-state index contributed by atoms with van der Waals surface area (Å²) in [5.41, 5.74) is 2.74. The molecule has 0 radical (unpaired) electrons. The van der Waals surface area contributed by atoms with Gasteiger partial charge in [0.2, 0.25) is 0 Å². The Hall–Kier alpha value is -3.19. The molecule has 3 aromatic rings. The van der Waals surface area contributed by atoms with Crippen molar-refractivity contribution in [1.82, 2.24) is 10.3 Å². The van der Waals surface area contributed by atoms with Crippen LogP contribution >= 0.6 is 0 Å². The second-order valence-corrected chi connectivity index (χ2v) is 8.85. The number of benzene rings is 2. The van der Waals surface area contributed by atoms with Crippen molar-refractivity contribution in [3.8, 4) is 5.75 Å². The standard InChI is InChI=1S/C22H22N2O4S/c1-29(26,27)16-18-7-4-8-19(12-18)22(25)24-14-17-6-5-10-21(13-17)28-15-20-9-2-3-11-23-20/h2-13H,14-16H2,1H3,(H,24,25). The first-order valence-corrected chi connectivity index (χ1v) is 11.1. The molecule has 0 bridgehead atoms. The topological polar surface area (TPSA) is 85.4 Å². The van der Waals surface area contributed by atoms with Crippen molar-refractivity contribution >= 4 is 15.7 Å². The fourth-order valence-electron chi connectivity index (χ4n) is 2.78. The molecule has 0 aliphatic carbocycles. The smallest absolute Gasteiger partial charge is 0.251 e. The predicted molar refractivity (Wildman–Crippen MR) is 111 cm³/mol. The molecule has 0 aliphatic rings. The predicted octanol–water partition coefficient (Wildman–Crippen LogP) is 3.14. The maximum atomic E-state index is 12.4. The van der Waals surface area contributed by atoms with Crippen LogP contribution < -0.4 is 10.1 Å². The fraction of sp³-hybridized carbons (Fsp3) is 0.182. The van der Waals surface area contributed by atoms with Crippen LogP contribution in [0.2, 0.25) is 0 Å². The monoisotopic (exact) mass is 410 g/mol. The number of sulfone groups is 1.